The van der Waals surface area contributed by atoms with Crippen LogP contribution in [-0.4, -0.2) is 49.5 Å². The summed E-state index contributed by atoms with van der Waals surface area (Å²) in [6.07, 6.45) is 14.5. The number of aromatic nitrogens is 6. The lowest BCUT2D eigenvalue weighted by atomic mass is 10.0. The fourth-order valence-corrected chi connectivity index (χ4v) is 8.18. The Morgan fingerprint density at radius 2 is 0.643 bits per heavy atom. The number of aromatic amines is 2. The molecule has 0 saturated carbocycles. The molecular formula is C42H30N6O6P2. The number of fused-ring (bicyclic) bond motifs is 8. The van der Waals surface area contributed by atoms with Crippen LogP contribution in [0.2, 0.25) is 0 Å². The van der Waals surface area contributed by atoms with Crippen LogP contribution in [0.5, 0.6) is 0 Å². The third kappa shape index (κ3) is 6.56. The summed E-state index contributed by atoms with van der Waals surface area (Å²) in [6.45, 7) is 0. The first kappa shape index (κ1) is 35.3. The van der Waals surface area contributed by atoms with Crippen LogP contribution in [0, 0.1) is 0 Å². The zero-order valence-corrected chi connectivity index (χ0v) is 30.9. The van der Waals surface area contributed by atoms with Crippen molar-refractivity contribution in [2.75, 3.05) is 0 Å². The molecule has 12 nitrogen and oxygen atoms in total. The van der Waals surface area contributed by atoms with Gasteiger partial charge in [0.05, 0.1) is 33.4 Å². The molecule has 56 heavy (non-hydrogen) atoms. The summed E-state index contributed by atoms with van der Waals surface area (Å²) >= 11 is 0. The van der Waals surface area contributed by atoms with Crippen LogP contribution in [0.4, 0.5) is 0 Å². The van der Waals surface area contributed by atoms with Crippen LogP contribution in [0.15, 0.2) is 122 Å². The van der Waals surface area contributed by atoms with E-state index in [4.69, 9.17) is 9.97 Å². The predicted molar refractivity (Wildman–Crippen MR) is 220 cm³/mol. The number of pyridine rings is 2. The van der Waals surface area contributed by atoms with Gasteiger partial charge in [0.2, 0.25) is 0 Å². The average molecular weight is 777 g/mol. The molecular weight excluding hydrogens is 746 g/mol. The van der Waals surface area contributed by atoms with Crippen molar-refractivity contribution in [3.8, 4) is 44.5 Å². The minimum Gasteiger partial charge on any atom is -0.354 e. The average Bonchev–Trinajstić information content (AvgIpc) is 4.03. The molecule has 7 aromatic rings. The van der Waals surface area contributed by atoms with Crippen LogP contribution in [0.1, 0.15) is 22.8 Å². The third-order valence-corrected chi connectivity index (χ3v) is 11.6. The Labute approximate surface area is 319 Å². The van der Waals surface area contributed by atoms with E-state index in [9.17, 15) is 28.7 Å². The second-order valence-electron chi connectivity index (χ2n) is 13.2. The number of nitrogens with zero attached hydrogens (tertiary/aromatic N) is 4. The summed E-state index contributed by atoms with van der Waals surface area (Å²) in [4.78, 5) is 65.5. The first-order valence-electron chi connectivity index (χ1n) is 17.3. The van der Waals surface area contributed by atoms with Gasteiger partial charge in [-0.3, -0.25) is 19.1 Å². The molecule has 274 valence electrons. The van der Waals surface area contributed by atoms with Crippen molar-refractivity contribution in [2.45, 2.75) is 0 Å². The number of hydrogen-bond acceptors (Lipinski definition) is 6. The molecule has 0 radical (unpaired) electrons. The van der Waals surface area contributed by atoms with Crippen molar-refractivity contribution in [1.29, 1.82) is 0 Å². The highest BCUT2D eigenvalue weighted by atomic mass is 31.2. The lowest BCUT2D eigenvalue weighted by Crippen LogP contribution is -2.02. The van der Waals surface area contributed by atoms with Gasteiger partial charge < -0.3 is 29.5 Å². The van der Waals surface area contributed by atoms with Gasteiger partial charge in [0, 0.05) is 69.1 Å². The minimum absolute atomic E-state index is 0.0884. The van der Waals surface area contributed by atoms with Crippen LogP contribution in [-0.2, 0) is 9.13 Å². The normalized spacial score (nSPS) is 12.6. The number of hydrogen-bond donors (Lipinski definition) is 6. The van der Waals surface area contributed by atoms with E-state index in [1.54, 1.807) is 49.1 Å². The maximum Gasteiger partial charge on any atom is 0.356 e. The zero-order valence-electron chi connectivity index (χ0n) is 29.1. The van der Waals surface area contributed by atoms with E-state index in [0.717, 1.165) is 33.3 Å². The Morgan fingerprint density at radius 3 is 0.911 bits per heavy atom. The van der Waals surface area contributed by atoms with E-state index in [1.165, 1.54) is 24.3 Å². The summed E-state index contributed by atoms with van der Waals surface area (Å²) in [5, 5.41) is -0.177. The Kier molecular flexibility index (Phi) is 8.67. The molecule has 14 heteroatoms. The Balaban J connectivity index is 1.43. The molecule has 0 amide bonds. The maximum atomic E-state index is 12.1. The maximum absolute atomic E-state index is 12.1. The van der Waals surface area contributed by atoms with Gasteiger partial charge in [0.1, 0.15) is 0 Å². The van der Waals surface area contributed by atoms with Crippen molar-refractivity contribution in [1.82, 2.24) is 29.9 Å². The Morgan fingerprint density at radius 1 is 0.375 bits per heavy atom. The molecule has 7 heterocycles. The molecule has 5 aromatic heterocycles. The van der Waals surface area contributed by atoms with E-state index >= 15 is 0 Å². The van der Waals surface area contributed by atoms with Gasteiger partial charge >= 0.3 is 15.2 Å². The molecule has 8 bridgehead atoms. The highest BCUT2D eigenvalue weighted by molar-refractivity contribution is 7.60. The number of H-pyrrole nitrogens is 2. The molecule has 2 aromatic carbocycles. The molecule has 0 fully saturated rings. The van der Waals surface area contributed by atoms with Crippen molar-refractivity contribution in [3.05, 3.63) is 145 Å². The van der Waals surface area contributed by atoms with Gasteiger partial charge in [-0.15, -0.1) is 0 Å². The number of rotatable bonds is 6. The van der Waals surface area contributed by atoms with Crippen LogP contribution in [0.25, 0.3) is 90.9 Å². The predicted octanol–water partition coefficient (Wildman–Crippen LogP) is 7.72. The van der Waals surface area contributed by atoms with Crippen molar-refractivity contribution in [2.24, 2.45) is 0 Å². The van der Waals surface area contributed by atoms with Gasteiger partial charge in [0.15, 0.2) is 0 Å². The molecule has 9 rings (SSSR count). The first-order valence-corrected chi connectivity index (χ1v) is 20.5. The Bertz CT molecular complexity index is 2800. The van der Waals surface area contributed by atoms with E-state index < -0.39 is 15.2 Å². The smallest absolute Gasteiger partial charge is 0.354 e. The minimum atomic E-state index is -4.48. The van der Waals surface area contributed by atoms with Gasteiger partial charge in [-0.05, 0) is 119 Å². The molecule has 0 saturated heterocycles. The van der Waals surface area contributed by atoms with Gasteiger partial charge in [-0.2, -0.15) is 0 Å². The summed E-state index contributed by atoms with van der Waals surface area (Å²) < 4.78 is 24.2. The topological polar surface area (TPSA) is 198 Å². The van der Waals surface area contributed by atoms with Crippen molar-refractivity contribution < 1.29 is 28.7 Å². The molecule has 0 aliphatic carbocycles. The van der Waals surface area contributed by atoms with E-state index in [-0.39, 0.29) is 10.6 Å². The van der Waals surface area contributed by atoms with Gasteiger partial charge in [-0.25, -0.2) is 9.97 Å². The fraction of sp³-hybridized carbons (Fsp3) is 0. The zero-order chi connectivity index (χ0) is 38.6. The van der Waals surface area contributed by atoms with E-state index in [1.807, 2.05) is 72.8 Å². The van der Waals surface area contributed by atoms with Gasteiger partial charge in [-0.1, -0.05) is 24.3 Å². The van der Waals surface area contributed by atoms with Crippen LogP contribution < -0.4 is 10.6 Å². The van der Waals surface area contributed by atoms with Gasteiger partial charge in [0.25, 0.3) is 0 Å². The SMILES string of the molecule is O=P(O)(O)c1ccc(-c2c3nc(c(-c4ccncc4)c4ccc([nH]4)c(-c4ccc(P(=O)(O)O)cc4)c4nc(c(-c5ccncc5)c5ccc2[nH]5)C=C4)C=C3)cc1. The number of nitrogens with one attached hydrogen (secondary N) is 2. The van der Waals surface area contributed by atoms with Crippen LogP contribution in [0.3, 0.4) is 0 Å². The first-order chi connectivity index (χ1) is 27.0. The number of benzene rings is 2. The standard InChI is InChI=1S/C42H30N6O6P2/c49-55(50,51)29-5-1-25(2-6-29)39-31-9-13-35(45-31)41(27-17-21-43-22-18-27)37-15-11-33(47-37)40(26-3-7-30(8-4-26)56(52,53)54)34-12-16-38(48-34)42(28-19-23-44-24-20-28)36-14-10-32(39)46-36/h1-24,45,48H,(H2,49,50,51)(H2,52,53,54). The highest BCUT2D eigenvalue weighted by Gasteiger charge is 2.22. The summed E-state index contributed by atoms with van der Waals surface area (Å²) in [6, 6.07) is 27.9. The Hall–Kier alpha value is -6.36. The lowest BCUT2D eigenvalue weighted by molar-refractivity contribution is 0.385. The fourth-order valence-electron chi connectivity index (χ4n) is 7.10. The summed E-state index contributed by atoms with van der Waals surface area (Å²) in [7, 11) is -8.96. The van der Waals surface area contributed by atoms with E-state index in [2.05, 4.69) is 19.9 Å². The third-order valence-electron chi connectivity index (χ3n) is 9.68. The molecule has 0 spiro atoms. The molecule has 0 atom stereocenters. The van der Waals surface area contributed by atoms with Crippen molar-refractivity contribution >= 4 is 72.2 Å². The monoisotopic (exact) mass is 776 g/mol. The van der Waals surface area contributed by atoms with E-state index in [0.29, 0.717) is 56.1 Å². The van der Waals surface area contributed by atoms with Crippen LogP contribution >= 0.6 is 15.2 Å². The second-order valence-corrected chi connectivity index (χ2v) is 16.4. The summed E-state index contributed by atoms with van der Waals surface area (Å²) in [5.74, 6) is 0. The molecule has 0 unspecified atom stereocenters. The molecule has 6 N–H and O–H groups in total. The molecule has 2 aliphatic heterocycles. The largest absolute Gasteiger partial charge is 0.356 e. The highest BCUT2D eigenvalue weighted by Crippen LogP contribution is 2.40. The summed E-state index contributed by atoms with van der Waals surface area (Å²) in [5.41, 5.74) is 11.6. The molecule has 2 aliphatic rings. The van der Waals surface area contributed by atoms with Crippen molar-refractivity contribution in [3.63, 3.8) is 0 Å². The lowest BCUT2D eigenvalue weighted by Gasteiger charge is -2.08. The quantitative estimate of drug-likeness (QED) is 0.0909. The second kappa shape index (κ2) is 13.7.